The lowest BCUT2D eigenvalue weighted by Crippen LogP contribution is -2.48. The van der Waals surface area contributed by atoms with E-state index in [9.17, 15) is 36.3 Å². The third kappa shape index (κ3) is 5.18. The fraction of sp³-hybridized carbons (Fsp3) is 0.450. The molecule has 0 unspecified atom stereocenters. The highest BCUT2D eigenvalue weighted by Crippen LogP contribution is 2.53. The predicted octanol–water partition coefficient (Wildman–Crippen LogP) is 3.01. The van der Waals surface area contributed by atoms with Crippen molar-refractivity contribution in [2.45, 2.75) is 31.6 Å². The summed E-state index contributed by atoms with van der Waals surface area (Å²) >= 11 is 0. The zero-order valence-corrected chi connectivity index (χ0v) is 17.1. The fourth-order valence-corrected chi connectivity index (χ4v) is 3.81. The molecule has 31 heavy (non-hydrogen) atoms. The van der Waals surface area contributed by atoms with Crippen LogP contribution in [0.3, 0.4) is 0 Å². The molecular weight excluding hydrogens is 443 g/mol. The molecule has 0 spiro atoms. The molecule has 3 rings (SSSR count). The third-order valence-corrected chi connectivity index (χ3v) is 5.34. The van der Waals surface area contributed by atoms with Gasteiger partial charge in [0.1, 0.15) is 0 Å². The number of likely N-dealkylation sites (tertiary alicyclic amines) is 1. The molecule has 5 nitrogen and oxygen atoms in total. The molecule has 1 aromatic carbocycles. The van der Waals surface area contributed by atoms with Gasteiger partial charge in [-0.15, -0.1) is 6.42 Å². The first-order chi connectivity index (χ1) is 13.9. The Morgan fingerprint density at radius 2 is 1.74 bits per heavy atom. The van der Waals surface area contributed by atoms with Crippen molar-refractivity contribution in [2.75, 3.05) is 18.4 Å². The summed E-state index contributed by atoms with van der Waals surface area (Å²) in [4.78, 5) is 38.0. The first-order valence-corrected chi connectivity index (χ1v) is 9.08. The lowest BCUT2D eigenvalue weighted by atomic mass is 9.64. The molecule has 2 fully saturated rings. The van der Waals surface area contributed by atoms with Crippen LogP contribution in [0.1, 0.15) is 25.7 Å². The van der Waals surface area contributed by atoms with Gasteiger partial charge in [-0.2, -0.15) is 13.5 Å². The molecule has 1 aliphatic heterocycles. The highest BCUT2D eigenvalue weighted by Gasteiger charge is 2.57. The van der Waals surface area contributed by atoms with Crippen molar-refractivity contribution in [1.29, 1.82) is 0 Å². The fourth-order valence-electron chi connectivity index (χ4n) is 3.81. The van der Waals surface area contributed by atoms with Gasteiger partial charge in [-0.05, 0) is 6.42 Å². The molecule has 0 bridgehead atoms. The number of terminal acetylenes is 1. The Hall–Kier alpha value is -2.61. The summed E-state index contributed by atoms with van der Waals surface area (Å²) in [6, 6.07) is 1.23. The lowest BCUT2D eigenvalue weighted by molar-refractivity contribution is -0.156. The first-order valence-electron chi connectivity index (χ1n) is 9.08. The van der Waals surface area contributed by atoms with Crippen LogP contribution in [-0.2, 0) is 14.4 Å². The molecule has 168 valence electrons. The maximum Gasteiger partial charge on any atom is 0.290 e. The maximum atomic E-state index is 13.3. The molecule has 1 heterocycles. The normalized spacial score (nSPS) is 20.8. The van der Waals surface area contributed by atoms with E-state index in [2.05, 4.69) is 11.2 Å². The number of nitrogens with one attached hydrogen (secondary N) is 1. The summed E-state index contributed by atoms with van der Waals surface area (Å²) in [6.45, 7) is -0.0736. The molecule has 1 aliphatic carbocycles. The van der Waals surface area contributed by atoms with Crippen LogP contribution in [0, 0.1) is 41.1 Å². The van der Waals surface area contributed by atoms with E-state index in [1.807, 2.05) is 0 Å². The molecule has 1 saturated heterocycles. The van der Waals surface area contributed by atoms with Gasteiger partial charge in [0.05, 0.1) is 5.92 Å². The van der Waals surface area contributed by atoms with E-state index in [4.69, 9.17) is 6.42 Å². The van der Waals surface area contributed by atoms with Crippen LogP contribution < -0.4 is 5.32 Å². The quantitative estimate of drug-likeness (QED) is 0.317. The molecule has 1 atom stereocenters. The van der Waals surface area contributed by atoms with E-state index in [-0.39, 0.29) is 38.7 Å². The van der Waals surface area contributed by atoms with Gasteiger partial charge >= 0.3 is 0 Å². The molecule has 0 radical (unpaired) electrons. The molecule has 1 saturated carbocycles. The third-order valence-electron chi connectivity index (χ3n) is 5.34. The minimum Gasteiger partial charge on any atom is -0.335 e. The van der Waals surface area contributed by atoms with Crippen LogP contribution >= 0.6 is 13.5 Å². The molecule has 2 amide bonds. The number of rotatable bonds is 5. The summed E-state index contributed by atoms with van der Waals surface area (Å²) < 4.78 is 65.8. The van der Waals surface area contributed by atoms with Crippen molar-refractivity contribution in [3.05, 3.63) is 29.6 Å². The molecule has 11 heteroatoms. The Labute approximate surface area is 181 Å². The second-order valence-electron chi connectivity index (χ2n) is 7.71. The summed E-state index contributed by atoms with van der Waals surface area (Å²) in [6.07, 6.45) is 3.62. The molecule has 1 aromatic rings. The van der Waals surface area contributed by atoms with Crippen LogP contribution in [0.5, 0.6) is 0 Å². The number of alkyl halides is 2. The number of anilines is 1. The van der Waals surface area contributed by atoms with Gasteiger partial charge in [-0.1, -0.05) is 5.92 Å². The second-order valence-corrected chi connectivity index (χ2v) is 7.71. The van der Waals surface area contributed by atoms with Gasteiger partial charge in [0.15, 0.2) is 17.5 Å². The van der Waals surface area contributed by atoms with E-state index in [1.165, 1.54) is 0 Å². The first kappa shape index (κ1) is 24.7. The topological polar surface area (TPSA) is 66.5 Å². The Kier molecular flexibility index (Phi) is 7.05. The van der Waals surface area contributed by atoms with E-state index < -0.39 is 71.6 Å². The summed E-state index contributed by atoms with van der Waals surface area (Å²) in [5.41, 5.74) is -1.64. The number of carbonyl (C=O) groups excluding carboxylic acids is 3. The highest BCUT2D eigenvalue weighted by molar-refractivity contribution is 7.59. The van der Waals surface area contributed by atoms with E-state index in [1.54, 1.807) is 0 Å². The number of carbonyl (C=O) groups is 3. The lowest BCUT2D eigenvalue weighted by Gasteiger charge is -2.43. The average molecular weight is 462 g/mol. The predicted molar refractivity (Wildman–Crippen MR) is 105 cm³/mol. The van der Waals surface area contributed by atoms with Crippen LogP contribution in [0.25, 0.3) is 0 Å². The Morgan fingerprint density at radius 3 is 2.26 bits per heavy atom. The van der Waals surface area contributed by atoms with E-state index >= 15 is 0 Å². The summed E-state index contributed by atoms with van der Waals surface area (Å²) in [7, 11) is 0. The number of halogens is 5. The van der Waals surface area contributed by atoms with Crippen LogP contribution in [0.4, 0.5) is 27.6 Å². The van der Waals surface area contributed by atoms with Gasteiger partial charge in [0.25, 0.3) is 11.8 Å². The zero-order valence-electron chi connectivity index (χ0n) is 16.1. The van der Waals surface area contributed by atoms with Crippen molar-refractivity contribution < 1.29 is 36.3 Å². The van der Waals surface area contributed by atoms with Crippen molar-refractivity contribution >= 4 is 36.8 Å². The maximum absolute atomic E-state index is 13.3. The van der Waals surface area contributed by atoms with Crippen LogP contribution in [-0.4, -0.2) is 41.5 Å². The number of benzene rings is 1. The molecule has 1 N–H and O–H groups in total. The van der Waals surface area contributed by atoms with Gasteiger partial charge in [-0.3, -0.25) is 14.4 Å². The highest BCUT2D eigenvalue weighted by atomic mass is 32.1. The number of amides is 2. The minimum absolute atomic E-state index is 0. The van der Waals surface area contributed by atoms with Crippen LogP contribution in [0.2, 0.25) is 0 Å². The number of hydrogen-bond donors (Lipinski definition) is 1. The SMILES string of the molecule is C#CC1(CC(=O)C(=O)N2CC[C@H](C(=O)Nc3cc(F)c(F)c(F)c3)C2)CC(F)(F)C1.S. The van der Waals surface area contributed by atoms with Gasteiger partial charge in [-0.25, -0.2) is 22.0 Å². The van der Waals surface area contributed by atoms with Crippen molar-refractivity contribution in [3.8, 4) is 12.3 Å². The Morgan fingerprint density at radius 1 is 1.16 bits per heavy atom. The largest absolute Gasteiger partial charge is 0.335 e. The minimum atomic E-state index is -2.95. The standard InChI is InChI=1S/C20H17F5N2O3.H2S/c1-2-19(9-20(24,25)10-19)7-15(28)18(30)27-4-3-11(8-27)17(29)26-12-5-13(21)16(23)14(22)6-12;/h1,5-6,11H,3-4,7-10H2,(H,26,29);1H2/t11-;/m0./s1. The van der Waals surface area contributed by atoms with E-state index in [0.717, 1.165) is 4.90 Å². The molecular formula is C20H19F5N2O3S. The van der Waals surface area contributed by atoms with Crippen molar-refractivity contribution in [3.63, 3.8) is 0 Å². The van der Waals surface area contributed by atoms with E-state index in [0.29, 0.717) is 12.1 Å². The smallest absolute Gasteiger partial charge is 0.290 e. The molecule has 2 aliphatic rings. The Balaban J connectivity index is 0.00000341. The summed E-state index contributed by atoms with van der Waals surface area (Å²) in [5, 5.41) is 2.24. The van der Waals surface area contributed by atoms with Crippen LogP contribution in [0.15, 0.2) is 12.1 Å². The van der Waals surface area contributed by atoms with Crippen molar-refractivity contribution in [1.82, 2.24) is 4.90 Å². The number of ketones is 1. The van der Waals surface area contributed by atoms with Gasteiger partial charge < -0.3 is 10.2 Å². The number of Topliss-reactive ketones (excluding diaryl/α,β-unsaturated/α-hetero) is 1. The monoisotopic (exact) mass is 462 g/mol. The van der Waals surface area contributed by atoms with Gasteiger partial charge in [0, 0.05) is 55.6 Å². The van der Waals surface area contributed by atoms with Crippen molar-refractivity contribution in [2.24, 2.45) is 11.3 Å². The zero-order chi connectivity index (χ0) is 22.3. The number of nitrogens with zero attached hydrogens (tertiary/aromatic N) is 1. The summed E-state index contributed by atoms with van der Waals surface area (Å²) in [5.74, 6) is -8.64. The number of hydrogen-bond acceptors (Lipinski definition) is 3. The van der Waals surface area contributed by atoms with Gasteiger partial charge in [0.2, 0.25) is 11.7 Å². The Bertz CT molecular complexity index is 932. The average Bonchev–Trinajstić information content (AvgIpc) is 3.13. The molecule has 0 aromatic heterocycles. The second kappa shape index (κ2) is 8.86.